The SMILES string of the molecule is Cc1c(/C=C(/C#N)C(=O)Nc2ccc(O)cc2)c2ccccc2n1Cc1ccc(Cl)cc1Cl. The summed E-state index contributed by atoms with van der Waals surface area (Å²) in [5.74, 6) is -0.437. The first-order chi connectivity index (χ1) is 15.9. The van der Waals surface area contributed by atoms with Crippen molar-refractivity contribution in [3.63, 3.8) is 0 Å². The third kappa shape index (κ3) is 4.73. The number of halogens is 2. The van der Waals surface area contributed by atoms with Crippen LogP contribution in [0.15, 0.2) is 72.3 Å². The van der Waals surface area contributed by atoms with Gasteiger partial charge in [0.25, 0.3) is 5.91 Å². The average molecular weight is 476 g/mol. The number of nitrogens with zero attached hydrogens (tertiary/aromatic N) is 2. The lowest BCUT2D eigenvalue weighted by atomic mass is 10.1. The van der Waals surface area contributed by atoms with Crippen LogP contribution in [0.1, 0.15) is 16.8 Å². The Labute approximate surface area is 201 Å². The number of rotatable bonds is 5. The third-order valence-corrected chi connectivity index (χ3v) is 5.99. The Morgan fingerprint density at radius 3 is 2.55 bits per heavy atom. The summed E-state index contributed by atoms with van der Waals surface area (Å²) in [6, 6.07) is 21.3. The number of phenolic OH excluding ortho intramolecular Hbond substituents is 1. The molecule has 0 aliphatic heterocycles. The number of carbonyl (C=O) groups excluding carboxylic acids is 1. The molecule has 1 heterocycles. The maximum absolute atomic E-state index is 12.8. The predicted octanol–water partition coefficient (Wildman–Crippen LogP) is 6.56. The van der Waals surface area contributed by atoms with Crippen molar-refractivity contribution in [3.8, 4) is 11.8 Å². The van der Waals surface area contributed by atoms with E-state index < -0.39 is 5.91 Å². The molecular formula is C26H19Cl2N3O2. The highest BCUT2D eigenvalue weighted by Gasteiger charge is 2.17. The second kappa shape index (κ2) is 9.41. The summed E-state index contributed by atoms with van der Waals surface area (Å²) in [6.07, 6.45) is 1.60. The Bertz CT molecular complexity index is 1430. The summed E-state index contributed by atoms with van der Waals surface area (Å²) in [5, 5.41) is 23.9. The molecule has 33 heavy (non-hydrogen) atoms. The van der Waals surface area contributed by atoms with Crippen LogP contribution in [-0.4, -0.2) is 15.6 Å². The molecule has 0 atom stereocenters. The zero-order chi connectivity index (χ0) is 23.5. The van der Waals surface area contributed by atoms with Gasteiger partial charge in [0.2, 0.25) is 0 Å². The first kappa shape index (κ1) is 22.5. The van der Waals surface area contributed by atoms with E-state index in [2.05, 4.69) is 9.88 Å². The van der Waals surface area contributed by atoms with E-state index in [0.717, 1.165) is 27.7 Å². The molecule has 0 radical (unpaired) electrons. The van der Waals surface area contributed by atoms with E-state index in [0.29, 0.717) is 22.3 Å². The molecule has 2 N–H and O–H groups in total. The molecule has 4 rings (SSSR count). The highest BCUT2D eigenvalue weighted by molar-refractivity contribution is 6.35. The Balaban J connectivity index is 1.74. The van der Waals surface area contributed by atoms with Gasteiger partial charge in [0.15, 0.2) is 0 Å². The number of carbonyl (C=O) groups is 1. The van der Waals surface area contributed by atoms with Crippen LogP contribution in [0.4, 0.5) is 5.69 Å². The lowest BCUT2D eigenvalue weighted by Gasteiger charge is -2.11. The highest BCUT2D eigenvalue weighted by atomic mass is 35.5. The first-order valence-electron chi connectivity index (χ1n) is 10.1. The minimum atomic E-state index is -0.528. The molecular weight excluding hydrogens is 457 g/mol. The van der Waals surface area contributed by atoms with E-state index in [1.807, 2.05) is 43.3 Å². The number of fused-ring (bicyclic) bond motifs is 1. The summed E-state index contributed by atoms with van der Waals surface area (Å²) in [7, 11) is 0. The van der Waals surface area contributed by atoms with Gasteiger partial charge in [0.1, 0.15) is 17.4 Å². The van der Waals surface area contributed by atoms with Crippen LogP contribution in [0.25, 0.3) is 17.0 Å². The molecule has 164 valence electrons. The summed E-state index contributed by atoms with van der Waals surface area (Å²) >= 11 is 12.4. The Morgan fingerprint density at radius 2 is 1.85 bits per heavy atom. The summed E-state index contributed by atoms with van der Waals surface area (Å²) in [4.78, 5) is 12.8. The molecule has 0 unspecified atom stereocenters. The Morgan fingerprint density at radius 1 is 1.12 bits per heavy atom. The maximum Gasteiger partial charge on any atom is 0.266 e. The van der Waals surface area contributed by atoms with Crippen LogP contribution in [0, 0.1) is 18.3 Å². The van der Waals surface area contributed by atoms with Gasteiger partial charge in [-0.05, 0) is 61.0 Å². The highest BCUT2D eigenvalue weighted by Crippen LogP contribution is 2.31. The second-order valence-electron chi connectivity index (χ2n) is 7.51. The van der Waals surface area contributed by atoms with Crippen LogP contribution in [-0.2, 0) is 11.3 Å². The van der Waals surface area contributed by atoms with E-state index >= 15 is 0 Å². The van der Waals surface area contributed by atoms with Crippen LogP contribution >= 0.6 is 23.2 Å². The largest absolute Gasteiger partial charge is 0.508 e. The lowest BCUT2D eigenvalue weighted by Crippen LogP contribution is -2.13. The number of nitriles is 1. The molecule has 0 spiro atoms. The number of phenols is 1. The summed E-state index contributed by atoms with van der Waals surface area (Å²) < 4.78 is 2.10. The number of benzene rings is 3. The minimum Gasteiger partial charge on any atom is -0.508 e. The lowest BCUT2D eigenvalue weighted by molar-refractivity contribution is -0.112. The van der Waals surface area contributed by atoms with E-state index in [1.54, 1.807) is 30.3 Å². The van der Waals surface area contributed by atoms with Crippen LogP contribution in [0.2, 0.25) is 10.0 Å². The zero-order valence-electron chi connectivity index (χ0n) is 17.6. The molecule has 1 amide bonds. The molecule has 0 aliphatic carbocycles. The quantitative estimate of drug-likeness (QED) is 0.195. The second-order valence-corrected chi connectivity index (χ2v) is 8.35. The van der Waals surface area contributed by atoms with Crippen molar-refractivity contribution in [1.29, 1.82) is 5.26 Å². The number of hydrogen-bond acceptors (Lipinski definition) is 3. The van der Waals surface area contributed by atoms with Crippen molar-refractivity contribution in [3.05, 3.63) is 99.2 Å². The van der Waals surface area contributed by atoms with Crippen LogP contribution in [0.5, 0.6) is 5.75 Å². The number of aromatic nitrogens is 1. The topological polar surface area (TPSA) is 78.1 Å². The fourth-order valence-corrected chi connectivity index (χ4v) is 4.17. The molecule has 1 aromatic heterocycles. The average Bonchev–Trinajstić information content (AvgIpc) is 3.06. The van der Waals surface area contributed by atoms with Gasteiger partial charge in [0.05, 0.1) is 0 Å². The van der Waals surface area contributed by atoms with Crippen molar-refractivity contribution < 1.29 is 9.90 Å². The zero-order valence-corrected chi connectivity index (χ0v) is 19.2. The Kier molecular flexibility index (Phi) is 6.41. The maximum atomic E-state index is 12.8. The van der Waals surface area contributed by atoms with Gasteiger partial charge in [-0.15, -0.1) is 0 Å². The fraction of sp³-hybridized carbons (Fsp3) is 0.0769. The number of aromatic hydroxyl groups is 1. The van der Waals surface area contributed by atoms with E-state index in [-0.39, 0.29) is 11.3 Å². The standard InChI is InChI=1S/C26H19Cl2N3O2/c1-16-23(12-18(14-29)26(33)30-20-8-10-21(32)11-9-20)22-4-2-3-5-25(22)31(16)15-17-6-7-19(27)13-24(17)28/h2-13,32H,15H2,1H3,(H,30,33)/b18-12-. The number of nitrogens with one attached hydrogen (secondary N) is 1. The van der Waals surface area contributed by atoms with Crippen molar-refractivity contribution in [1.82, 2.24) is 4.57 Å². The first-order valence-corrected chi connectivity index (χ1v) is 10.9. The molecule has 0 fully saturated rings. The summed E-state index contributed by atoms with van der Waals surface area (Å²) in [5.41, 5.74) is 4.00. The van der Waals surface area contributed by atoms with E-state index in [1.165, 1.54) is 12.1 Å². The number of para-hydroxylation sites is 1. The number of hydrogen-bond donors (Lipinski definition) is 2. The van der Waals surface area contributed by atoms with Crippen molar-refractivity contribution >= 4 is 51.8 Å². The molecule has 0 saturated carbocycles. The van der Waals surface area contributed by atoms with E-state index in [4.69, 9.17) is 23.2 Å². The summed E-state index contributed by atoms with van der Waals surface area (Å²) in [6.45, 7) is 2.46. The van der Waals surface area contributed by atoms with Gasteiger partial charge in [-0.1, -0.05) is 47.5 Å². The van der Waals surface area contributed by atoms with Gasteiger partial charge in [-0.3, -0.25) is 4.79 Å². The Hall–Kier alpha value is -3.72. The normalized spacial score (nSPS) is 11.4. The van der Waals surface area contributed by atoms with Crippen LogP contribution in [0.3, 0.4) is 0 Å². The molecule has 0 saturated heterocycles. The number of anilines is 1. The van der Waals surface area contributed by atoms with Gasteiger partial charge < -0.3 is 15.0 Å². The molecule has 4 aromatic rings. The monoisotopic (exact) mass is 475 g/mol. The fourth-order valence-electron chi connectivity index (χ4n) is 3.70. The van der Waals surface area contributed by atoms with E-state index in [9.17, 15) is 15.2 Å². The smallest absolute Gasteiger partial charge is 0.266 e. The molecule has 7 heteroatoms. The molecule has 3 aromatic carbocycles. The van der Waals surface area contributed by atoms with Gasteiger partial charge in [-0.2, -0.15) is 5.26 Å². The molecule has 0 bridgehead atoms. The number of amides is 1. The third-order valence-electron chi connectivity index (χ3n) is 5.40. The predicted molar refractivity (Wildman–Crippen MR) is 133 cm³/mol. The van der Waals surface area contributed by atoms with Crippen molar-refractivity contribution in [2.75, 3.05) is 5.32 Å². The van der Waals surface area contributed by atoms with Crippen molar-refractivity contribution in [2.45, 2.75) is 13.5 Å². The van der Waals surface area contributed by atoms with Gasteiger partial charge >= 0.3 is 0 Å². The molecule has 5 nitrogen and oxygen atoms in total. The van der Waals surface area contributed by atoms with Crippen molar-refractivity contribution in [2.24, 2.45) is 0 Å². The van der Waals surface area contributed by atoms with Gasteiger partial charge in [-0.25, -0.2) is 0 Å². The van der Waals surface area contributed by atoms with Crippen LogP contribution < -0.4 is 5.32 Å². The minimum absolute atomic E-state index is 0.0291. The molecule has 0 aliphatic rings. The van der Waals surface area contributed by atoms with Gasteiger partial charge in [0, 0.05) is 44.4 Å².